The Morgan fingerprint density at radius 1 is 0.857 bits per heavy atom. The number of unbranched alkanes of at least 4 members (excludes halogenated alkanes) is 3. The van der Waals surface area contributed by atoms with E-state index in [4.69, 9.17) is 4.74 Å². The van der Waals surface area contributed by atoms with Crippen LogP contribution in [0.3, 0.4) is 0 Å². The largest absolute Gasteiger partial charge is 0.494 e. The summed E-state index contributed by atoms with van der Waals surface area (Å²) in [6, 6.07) is 24.2. The zero-order valence-electron chi connectivity index (χ0n) is 20.6. The lowest BCUT2D eigenvalue weighted by molar-refractivity contribution is -0.114. The van der Waals surface area contributed by atoms with Crippen LogP contribution in [0.2, 0.25) is 0 Å². The fourth-order valence-corrected chi connectivity index (χ4v) is 3.62. The van der Waals surface area contributed by atoms with Gasteiger partial charge in [0.25, 0.3) is 5.91 Å². The number of carbonyl (C=O) groups is 2. The minimum atomic E-state index is -0.198. The summed E-state index contributed by atoms with van der Waals surface area (Å²) >= 11 is 0. The summed E-state index contributed by atoms with van der Waals surface area (Å²) < 4.78 is 5.75. The van der Waals surface area contributed by atoms with Crippen molar-refractivity contribution in [2.24, 2.45) is 0 Å². The Hall–Kier alpha value is -3.80. The van der Waals surface area contributed by atoms with Gasteiger partial charge in [0.1, 0.15) is 5.75 Å². The molecule has 3 aromatic rings. The number of nitrogens with one attached hydrogen (secondary N) is 3. The third-order valence-corrected chi connectivity index (χ3v) is 5.63. The lowest BCUT2D eigenvalue weighted by atomic mass is 10.1. The van der Waals surface area contributed by atoms with Crippen molar-refractivity contribution in [3.8, 4) is 5.75 Å². The molecule has 0 saturated heterocycles. The van der Waals surface area contributed by atoms with E-state index in [0.717, 1.165) is 30.0 Å². The Morgan fingerprint density at radius 2 is 1.63 bits per heavy atom. The van der Waals surface area contributed by atoms with E-state index in [9.17, 15) is 9.59 Å². The van der Waals surface area contributed by atoms with Crippen molar-refractivity contribution in [2.75, 3.05) is 23.8 Å². The topological polar surface area (TPSA) is 79.5 Å². The summed E-state index contributed by atoms with van der Waals surface area (Å²) in [5.74, 6) is 0.438. The van der Waals surface area contributed by atoms with Crippen LogP contribution in [0.4, 0.5) is 11.4 Å². The molecular weight excluding hydrogens is 438 g/mol. The molecular formula is C29H35N3O3. The van der Waals surface area contributed by atoms with Gasteiger partial charge >= 0.3 is 0 Å². The molecule has 2 amide bonds. The molecule has 3 aromatic carbocycles. The molecule has 0 fully saturated rings. The maximum Gasteiger partial charge on any atom is 0.251 e. The van der Waals surface area contributed by atoms with Crippen LogP contribution in [0, 0.1) is 0 Å². The molecule has 6 heteroatoms. The highest BCUT2D eigenvalue weighted by molar-refractivity contribution is 5.98. The first kappa shape index (κ1) is 25.8. The van der Waals surface area contributed by atoms with Gasteiger partial charge in [-0.15, -0.1) is 0 Å². The molecule has 0 aliphatic carbocycles. The highest BCUT2D eigenvalue weighted by Gasteiger charge is 2.12. The lowest BCUT2D eigenvalue weighted by Gasteiger charge is -2.15. The van der Waals surface area contributed by atoms with Crippen molar-refractivity contribution in [1.29, 1.82) is 0 Å². The number of hydrogen-bond acceptors (Lipinski definition) is 4. The number of rotatable bonds is 13. The predicted octanol–water partition coefficient (Wildman–Crippen LogP) is 6.19. The molecule has 0 bridgehead atoms. The molecule has 3 N–H and O–H groups in total. The first-order valence-electron chi connectivity index (χ1n) is 12.3. The molecule has 1 unspecified atom stereocenters. The molecule has 0 radical (unpaired) electrons. The molecule has 0 saturated carbocycles. The van der Waals surface area contributed by atoms with Crippen molar-refractivity contribution in [3.63, 3.8) is 0 Å². The standard InChI is InChI=1S/C29H35N3O3/c1-3-4-5-9-19-35-27-17-15-25(16-18-27)30-21-28(33)32-26-14-10-13-24(20-26)29(34)31-22(2)23-11-7-6-8-12-23/h6-8,10-18,20,22,30H,3-5,9,19,21H2,1-2H3,(H,31,34)(H,32,33). The minimum absolute atomic E-state index is 0.110. The number of benzene rings is 3. The van der Waals surface area contributed by atoms with Crippen LogP contribution < -0.4 is 20.7 Å². The van der Waals surface area contributed by atoms with Gasteiger partial charge in [-0.2, -0.15) is 0 Å². The number of carbonyl (C=O) groups excluding carboxylic acids is 2. The third-order valence-electron chi connectivity index (χ3n) is 5.63. The fourth-order valence-electron chi connectivity index (χ4n) is 3.62. The normalized spacial score (nSPS) is 11.4. The van der Waals surface area contributed by atoms with E-state index in [1.807, 2.05) is 61.5 Å². The number of amides is 2. The van der Waals surface area contributed by atoms with Crippen LogP contribution in [0.15, 0.2) is 78.9 Å². The van der Waals surface area contributed by atoms with Gasteiger partial charge in [-0.1, -0.05) is 62.6 Å². The zero-order chi connectivity index (χ0) is 24.9. The summed E-state index contributed by atoms with van der Waals surface area (Å²) in [4.78, 5) is 25.1. The maximum absolute atomic E-state index is 12.7. The van der Waals surface area contributed by atoms with Crippen molar-refractivity contribution < 1.29 is 14.3 Å². The Balaban J connectivity index is 1.44. The van der Waals surface area contributed by atoms with Gasteiger partial charge < -0.3 is 20.7 Å². The fraction of sp³-hybridized carbons (Fsp3) is 0.310. The number of anilines is 2. The van der Waals surface area contributed by atoms with Gasteiger partial charge in [-0.25, -0.2) is 0 Å². The monoisotopic (exact) mass is 473 g/mol. The van der Waals surface area contributed by atoms with Crippen LogP contribution in [-0.2, 0) is 4.79 Å². The van der Waals surface area contributed by atoms with Gasteiger partial charge in [0.2, 0.25) is 5.91 Å². The van der Waals surface area contributed by atoms with Crippen molar-refractivity contribution >= 4 is 23.2 Å². The highest BCUT2D eigenvalue weighted by Crippen LogP contribution is 2.17. The van der Waals surface area contributed by atoms with E-state index >= 15 is 0 Å². The second-order valence-electron chi connectivity index (χ2n) is 8.52. The van der Waals surface area contributed by atoms with Crippen molar-refractivity contribution in [2.45, 2.75) is 45.6 Å². The van der Waals surface area contributed by atoms with E-state index in [1.54, 1.807) is 24.3 Å². The molecule has 3 rings (SSSR count). The molecule has 0 heterocycles. The first-order valence-corrected chi connectivity index (χ1v) is 12.3. The highest BCUT2D eigenvalue weighted by atomic mass is 16.5. The quantitative estimate of drug-likeness (QED) is 0.259. The van der Waals surface area contributed by atoms with E-state index in [-0.39, 0.29) is 24.4 Å². The van der Waals surface area contributed by atoms with E-state index in [0.29, 0.717) is 11.3 Å². The molecule has 0 aromatic heterocycles. The number of hydrogen-bond donors (Lipinski definition) is 3. The van der Waals surface area contributed by atoms with E-state index in [2.05, 4.69) is 22.9 Å². The maximum atomic E-state index is 12.7. The van der Waals surface area contributed by atoms with Gasteiger partial charge in [0, 0.05) is 16.9 Å². The second-order valence-corrected chi connectivity index (χ2v) is 8.52. The van der Waals surface area contributed by atoms with Gasteiger partial charge in [-0.05, 0) is 61.4 Å². The summed E-state index contributed by atoms with van der Waals surface area (Å²) in [5, 5.41) is 8.94. The Labute approximate surface area is 208 Å². The zero-order valence-corrected chi connectivity index (χ0v) is 20.6. The predicted molar refractivity (Wildman–Crippen MR) is 142 cm³/mol. The molecule has 0 aliphatic rings. The Bertz CT molecular complexity index is 1070. The van der Waals surface area contributed by atoms with Crippen LogP contribution in [-0.4, -0.2) is 25.0 Å². The Morgan fingerprint density at radius 3 is 2.37 bits per heavy atom. The van der Waals surface area contributed by atoms with Crippen LogP contribution in [0.1, 0.15) is 61.5 Å². The van der Waals surface area contributed by atoms with E-state index in [1.165, 1.54) is 19.3 Å². The molecule has 6 nitrogen and oxygen atoms in total. The Kier molecular flexibility index (Phi) is 10.2. The molecule has 184 valence electrons. The van der Waals surface area contributed by atoms with Crippen molar-refractivity contribution in [3.05, 3.63) is 90.0 Å². The molecule has 1 atom stereocenters. The molecule has 0 spiro atoms. The average Bonchev–Trinajstić information content (AvgIpc) is 2.88. The first-order chi connectivity index (χ1) is 17.0. The number of ether oxygens (including phenoxy) is 1. The van der Waals surface area contributed by atoms with Crippen LogP contribution in [0.5, 0.6) is 5.75 Å². The summed E-state index contributed by atoms with van der Waals surface area (Å²) in [7, 11) is 0. The lowest BCUT2D eigenvalue weighted by Crippen LogP contribution is -2.27. The molecule has 35 heavy (non-hydrogen) atoms. The summed E-state index contributed by atoms with van der Waals surface area (Å²) in [6.07, 6.45) is 4.69. The van der Waals surface area contributed by atoms with E-state index < -0.39 is 0 Å². The van der Waals surface area contributed by atoms with Crippen LogP contribution >= 0.6 is 0 Å². The van der Waals surface area contributed by atoms with Gasteiger partial charge in [0.15, 0.2) is 0 Å². The van der Waals surface area contributed by atoms with Crippen molar-refractivity contribution in [1.82, 2.24) is 5.32 Å². The molecule has 0 aliphatic heterocycles. The minimum Gasteiger partial charge on any atom is -0.494 e. The van der Waals surface area contributed by atoms with Gasteiger partial charge in [0.05, 0.1) is 19.2 Å². The summed E-state index contributed by atoms with van der Waals surface area (Å²) in [6.45, 7) is 4.96. The smallest absolute Gasteiger partial charge is 0.251 e. The second kappa shape index (κ2) is 13.8. The SMILES string of the molecule is CCCCCCOc1ccc(NCC(=O)Nc2cccc(C(=O)NC(C)c3ccccc3)c2)cc1. The third kappa shape index (κ3) is 8.81. The average molecular weight is 474 g/mol. The summed E-state index contributed by atoms with van der Waals surface area (Å²) in [5.41, 5.74) is 2.93. The van der Waals surface area contributed by atoms with Gasteiger partial charge in [-0.3, -0.25) is 9.59 Å². The van der Waals surface area contributed by atoms with Crippen LogP contribution in [0.25, 0.3) is 0 Å².